The van der Waals surface area contributed by atoms with Crippen molar-refractivity contribution in [2.24, 2.45) is 0 Å². The molecule has 0 radical (unpaired) electrons. The van der Waals surface area contributed by atoms with E-state index < -0.39 is 17.4 Å². The van der Waals surface area contributed by atoms with Crippen LogP contribution in [0.4, 0.5) is 5.69 Å². The van der Waals surface area contributed by atoms with Crippen molar-refractivity contribution in [3.63, 3.8) is 0 Å². The maximum Gasteiger partial charge on any atom is 0.316 e. The molecule has 0 aromatic heterocycles. The molecule has 5 nitrogen and oxygen atoms in total. The van der Waals surface area contributed by atoms with Crippen LogP contribution in [0.15, 0.2) is 24.3 Å². The zero-order valence-electron chi connectivity index (χ0n) is 12.7. The van der Waals surface area contributed by atoms with Gasteiger partial charge in [-0.05, 0) is 52.0 Å². The number of amides is 2. The molecule has 1 rings (SSSR count). The van der Waals surface area contributed by atoms with Crippen LogP contribution in [0.3, 0.4) is 0 Å². The summed E-state index contributed by atoms with van der Waals surface area (Å²) in [5, 5.41) is 9.24. The summed E-state index contributed by atoms with van der Waals surface area (Å²) in [6.45, 7) is 7.99. The van der Waals surface area contributed by atoms with Crippen LogP contribution in [0.1, 0.15) is 27.7 Å². The second-order valence-electron chi connectivity index (χ2n) is 5.60. The molecule has 0 unspecified atom stereocenters. The van der Waals surface area contributed by atoms with Gasteiger partial charge in [0, 0.05) is 24.8 Å². The zero-order valence-corrected chi connectivity index (χ0v) is 12.7. The SMILES string of the molecule is CCN(C(=O)C(=O)N(C)c1ccc(O)cc1)C(C)(C)C. The van der Waals surface area contributed by atoms with Gasteiger partial charge in [0.15, 0.2) is 0 Å². The van der Waals surface area contributed by atoms with Crippen LogP contribution in [0.25, 0.3) is 0 Å². The lowest BCUT2D eigenvalue weighted by Crippen LogP contribution is -2.51. The van der Waals surface area contributed by atoms with Gasteiger partial charge < -0.3 is 14.9 Å². The predicted octanol–water partition coefficient (Wildman–Crippen LogP) is 2.00. The molecule has 1 N–H and O–H groups in total. The van der Waals surface area contributed by atoms with Crippen molar-refractivity contribution in [2.75, 3.05) is 18.5 Å². The molecule has 5 heteroatoms. The first-order valence-electron chi connectivity index (χ1n) is 6.57. The van der Waals surface area contributed by atoms with Gasteiger partial charge in [-0.2, -0.15) is 0 Å². The Kier molecular flexibility index (Phi) is 4.76. The van der Waals surface area contributed by atoms with E-state index in [2.05, 4.69) is 0 Å². The molecule has 0 bridgehead atoms. The summed E-state index contributed by atoms with van der Waals surface area (Å²) in [6, 6.07) is 6.14. The topological polar surface area (TPSA) is 60.9 Å². The average molecular weight is 278 g/mol. The molecule has 0 aliphatic carbocycles. The highest BCUT2D eigenvalue weighted by atomic mass is 16.3. The molecule has 0 heterocycles. The number of benzene rings is 1. The maximum atomic E-state index is 12.3. The number of anilines is 1. The number of likely N-dealkylation sites (N-methyl/N-ethyl adjacent to an activating group) is 2. The number of rotatable bonds is 2. The number of nitrogens with zero attached hydrogens (tertiary/aromatic N) is 2. The quantitative estimate of drug-likeness (QED) is 0.842. The molecular formula is C15H22N2O3. The Morgan fingerprint density at radius 1 is 1.10 bits per heavy atom. The molecule has 1 aromatic carbocycles. The fourth-order valence-electron chi connectivity index (χ4n) is 1.97. The molecule has 0 spiro atoms. The second kappa shape index (κ2) is 5.94. The predicted molar refractivity (Wildman–Crippen MR) is 78.7 cm³/mol. The van der Waals surface area contributed by atoms with Crippen LogP contribution < -0.4 is 4.90 Å². The molecule has 0 aliphatic heterocycles. The lowest BCUT2D eigenvalue weighted by atomic mass is 10.1. The minimum absolute atomic E-state index is 0.116. The van der Waals surface area contributed by atoms with Crippen molar-refractivity contribution in [2.45, 2.75) is 33.2 Å². The summed E-state index contributed by atoms with van der Waals surface area (Å²) in [5.41, 5.74) is 0.156. The summed E-state index contributed by atoms with van der Waals surface area (Å²) < 4.78 is 0. The third-order valence-corrected chi connectivity index (χ3v) is 3.10. The van der Waals surface area contributed by atoms with Crippen molar-refractivity contribution in [1.82, 2.24) is 4.90 Å². The molecule has 20 heavy (non-hydrogen) atoms. The largest absolute Gasteiger partial charge is 0.508 e. The number of hydrogen-bond donors (Lipinski definition) is 1. The Labute approximate surface area is 119 Å². The van der Waals surface area contributed by atoms with Crippen molar-refractivity contribution >= 4 is 17.5 Å². The highest BCUT2D eigenvalue weighted by molar-refractivity contribution is 6.40. The molecule has 2 amide bonds. The number of hydrogen-bond acceptors (Lipinski definition) is 3. The van der Waals surface area contributed by atoms with Gasteiger partial charge in [-0.15, -0.1) is 0 Å². The Morgan fingerprint density at radius 2 is 1.60 bits per heavy atom. The number of carbonyl (C=O) groups is 2. The molecule has 0 saturated heterocycles. The van der Waals surface area contributed by atoms with E-state index in [9.17, 15) is 14.7 Å². The van der Waals surface area contributed by atoms with Crippen LogP contribution in [-0.4, -0.2) is 41.0 Å². The summed E-state index contributed by atoms with van der Waals surface area (Å²) in [4.78, 5) is 27.4. The van der Waals surface area contributed by atoms with E-state index in [1.165, 1.54) is 21.9 Å². The van der Waals surface area contributed by atoms with Crippen LogP contribution in [0.5, 0.6) is 5.75 Å². The lowest BCUT2D eigenvalue weighted by Gasteiger charge is -2.35. The molecule has 110 valence electrons. The fraction of sp³-hybridized carbons (Fsp3) is 0.467. The average Bonchev–Trinajstić information content (AvgIpc) is 2.37. The highest BCUT2D eigenvalue weighted by Gasteiger charge is 2.31. The van der Waals surface area contributed by atoms with Crippen molar-refractivity contribution < 1.29 is 14.7 Å². The van der Waals surface area contributed by atoms with Crippen LogP contribution in [0, 0.1) is 0 Å². The van der Waals surface area contributed by atoms with E-state index >= 15 is 0 Å². The monoisotopic (exact) mass is 278 g/mol. The van der Waals surface area contributed by atoms with Gasteiger partial charge >= 0.3 is 11.8 Å². The fourth-order valence-corrected chi connectivity index (χ4v) is 1.97. The summed E-state index contributed by atoms with van der Waals surface area (Å²) >= 11 is 0. The number of phenols is 1. The van der Waals surface area contributed by atoms with E-state index in [0.717, 1.165) is 0 Å². The van der Waals surface area contributed by atoms with Gasteiger partial charge in [-0.3, -0.25) is 9.59 Å². The standard InChI is InChI=1S/C15H22N2O3/c1-6-17(15(2,3)4)14(20)13(19)16(5)11-7-9-12(18)10-8-11/h7-10,18H,6H2,1-5H3. The molecule has 0 fully saturated rings. The highest BCUT2D eigenvalue weighted by Crippen LogP contribution is 2.19. The van der Waals surface area contributed by atoms with E-state index in [-0.39, 0.29) is 5.75 Å². The molecule has 0 atom stereocenters. The van der Waals surface area contributed by atoms with Crippen molar-refractivity contribution in [3.05, 3.63) is 24.3 Å². The van der Waals surface area contributed by atoms with E-state index in [0.29, 0.717) is 12.2 Å². The Hall–Kier alpha value is -2.04. The Bertz CT molecular complexity index is 489. The first kappa shape index (κ1) is 16.0. The number of phenolic OH excluding ortho intramolecular Hbond substituents is 1. The van der Waals surface area contributed by atoms with E-state index in [1.807, 2.05) is 27.7 Å². The zero-order chi connectivity index (χ0) is 15.5. The van der Waals surface area contributed by atoms with Crippen LogP contribution in [-0.2, 0) is 9.59 Å². The first-order valence-corrected chi connectivity index (χ1v) is 6.57. The van der Waals surface area contributed by atoms with Gasteiger partial charge in [0.05, 0.1) is 0 Å². The maximum absolute atomic E-state index is 12.3. The number of aromatic hydroxyl groups is 1. The summed E-state index contributed by atoms with van der Waals surface area (Å²) in [6.07, 6.45) is 0. The minimum Gasteiger partial charge on any atom is -0.508 e. The van der Waals surface area contributed by atoms with E-state index in [1.54, 1.807) is 19.2 Å². The van der Waals surface area contributed by atoms with Crippen molar-refractivity contribution in [1.29, 1.82) is 0 Å². The van der Waals surface area contributed by atoms with Gasteiger partial charge in [0.2, 0.25) is 0 Å². The lowest BCUT2D eigenvalue weighted by molar-refractivity contribution is -0.147. The molecular weight excluding hydrogens is 256 g/mol. The minimum atomic E-state index is -0.590. The van der Waals surface area contributed by atoms with Gasteiger partial charge in [0.1, 0.15) is 5.75 Å². The van der Waals surface area contributed by atoms with Crippen LogP contribution in [0.2, 0.25) is 0 Å². The second-order valence-corrected chi connectivity index (χ2v) is 5.60. The Balaban J connectivity index is 2.93. The molecule has 0 saturated carbocycles. The summed E-state index contributed by atoms with van der Waals surface area (Å²) in [7, 11) is 1.54. The smallest absolute Gasteiger partial charge is 0.316 e. The third-order valence-electron chi connectivity index (χ3n) is 3.10. The van der Waals surface area contributed by atoms with Crippen LogP contribution >= 0.6 is 0 Å². The van der Waals surface area contributed by atoms with Gasteiger partial charge in [0.25, 0.3) is 0 Å². The van der Waals surface area contributed by atoms with Gasteiger partial charge in [-0.1, -0.05) is 0 Å². The third kappa shape index (κ3) is 3.50. The van der Waals surface area contributed by atoms with Gasteiger partial charge in [-0.25, -0.2) is 0 Å². The number of carbonyl (C=O) groups excluding carboxylic acids is 2. The molecule has 0 aliphatic rings. The van der Waals surface area contributed by atoms with E-state index in [4.69, 9.17) is 0 Å². The molecule has 1 aromatic rings. The first-order chi connectivity index (χ1) is 9.18. The summed E-state index contributed by atoms with van der Waals surface area (Å²) in [5.74, 6) is -1.01. The normalized spacial score (nSPS) is 11.1. The Morgan fingerprint density at radius 3 is 2.00 bits per heavy atom. The van der Waals surface area contributed by atoms with Crippen molar-refractivity contribution in [3.8, 4) is 5.75 Å².